The Kier molecular flexibility index (Phi) is 2.88. The highest BCUT2D eigenvalue weighted by molar-refractivity contribution is 9.10. The van der Waals surface area contributed by atoms with Gasteiger partial charge in [-0.2, -0.15) is 5.10 Å². The highest BCUT2D eigenvalue weighted by Crippen LogP contribution is 2.30. The summed E-state index contributed by atoms with van der Waals surface area (Å²) < 4.78 is 2.79. The van der Waals surface area contributed by atoms with Gasteiger partial charge in [0.05, 0.1) is 15.6 Å². The molecular weight excluding hydrogens is 262 g/mol. The smallest absolute Gasteiger partial charge is 0.115 e. The highest BCUT2D eigenvalue weighted by Gasteiger charge is 2.03. The molecule has 0 saturated carbocycles. The van der Waals surface area contributed by atoms with Gasteiger partial charge in [0.2, 0.25) is 0 Å². The first-order valence-electron chi connectivity index (χ1n) is 4.03. The molecule has 2 aromatic heterocycles. The van der Waals surface area contributed by atoms with E-state index >= 15 is 0 Å². The van der Waals surface area contributed by atoms with Crippen LogP contribution in [0, 0.1) is 0 Å². The summed E-state index contributed by atoms with van der Waals surface area (Å²) in [6, 6.07) is 3.88. The van der Waals surface area contributed by atoms with E-state index in [2.05, 4.69) is 26.0 Å². The molecule has 0 saturated heterocycles. The second-order valence-electron chi connectivity index (χ2n) is 2.74. The average Bonchev–Trinajstić information content (AvgIpc) is 2.56. The van der Waals surface area contributed by atoms with Crippen molar-refractivity contribution in [3.8, 4) is 0 Å². The molecule has 0 amide bonds. The molecule has 2 aromatic rings. The van der Waals surface area contributed by atoms with E-state index in [0.29, 0.717) is 0 Å². The summed E-state index contributed by atoms with van der Waals surface area (Å²) >= 11 is 5.04. The number of nitrogens with zero attached hydrogens (tertiary/aromatic N) is 3. The SMILES string of the molecule is Cn1cc(Sc2ncccc2Br)cn1. The molecule has 0 spiro atoms. The van der Waals surface area contributed by atoms with Crippen LogP contribution in [0.3, 0.4) is 0 Å². The zero-order valence-corrected chi connectivity index (χ0v) is 9.92. The summed E-state index contributed by atoms with van der Waals surface area (Å²) in [6.45, 7) is 0. The summed E-state index contributed by atoms with van der Waals surface area (Å²) in [6.07, 6.45) is 5.57. The monoisotopic (exact) mass is 269 g/mol. The Labute approximate surface area is 94.7 Å². The van der Waals surface area contributed by atoms with Gasteiger partial charge in [-0.25, -0.2) is 4.98 Å². The van der Waals surface area contributed by atoms with Crippen LogP contribution in [0.4, 0.5) is 0 Å². The second kappa shape index (κ2) is 4.14. The van der Waals surface area contributed by atoms with Crippen molar-refractivity contribution in [1.82, 2.24) is 14.8 Å². The summed E-state index contributed by atoms with van der Waals surface area (Å²) in [5.74, 6) is 0. The molecular formula is C9H8BrN3S. The lowest BCUT2D eigenvalue weighted by molar-refractivity contribution is 0.766. The van der Waals surface area contributed by atoms with Crippen LogP contribution in [0.2, 0.25) is 0 Å². The number of aromatic nitrogens is 3. The van der Waals surface area contributed by atoms with Crippen LogP contribution in [-0.2, 0) is 7.05 Å². The second-order valence-corrected chi connectivity index (χ2v) is 4.66. The summed E-state index contributed by atoms with van der Waals surface area (Å²) in [5.41, 5.74) is 0. The van der Waals surface area contributed by atoms with E-state index in [4.69, 9.17) is 0 Å². The van der Waals surface area contributed by atoms with Crippen LogP contribution < -0.4 is 0 Å². The number of rotatable bonds is 2. The molecule has 2 rings (SSSR count). The third kappa shape index (κ3) is 2.16. The van der Waals surface area contributed by atoms with Gasteiger partial charge in [0, 0.05) is 19.4 Å². The standard InChI is InChI=1S/C9H8BrN3S/c1-13-6-7(5-12-13)14-9-8(10)3-2-4-11-9/h2-6H,1H3. The number of hydrogen-bond donors (Lipinski definition) is 0. The molecule has 0 aliphatic carbocycles. The fraction of sp³-hybridized carbons (Fsp3) is 0.111. The van der Waals surface area contributed by atoms with Gasteiger partial charge in [0.1, 0.15) is 5.03 Å². The Morgan fingerprint density at radius 2 is 2.36 bits per heavy atom. The molecule has 5 heteroatoms. The van der Waals surface area contributed by atoms with Gasteiger partial charge in [-0.05, 0) is 28.1 Å². The quantitative estimate of drug-likeness (QED) is 0.840. The highest BCUT2D eigenvalue weighted by atomic mass is 79.9. The third-order valence-corrected chi connectivity index (χ3v) is 3.49. The van der Waals surface area contributed by atoms with Crippen LogP contribution in [0.15, 0.2) is 45.1 Å². The van der Waals surface area contributed by atoms with Crippen LogP contribution in [-0.4, -0.2) is 14.8 Å². The molecule has 0 aliphatic heterocycles. The van der Waals surface area contributed by atoms with E-state index in [0.717, 1.165) is 14.4 Å². The Morgan fingerprint density at radius 3 is 3.00 bits per heavy atom. The van der Waals surface area contributed by atoms with Crippen LogP contribution >= 0.6 is 27.7 Å². The zero-order chi connectivity index (χ0) is 9.97. The maximum absolute atomic E-state index is 4.26. The minimum Gasteiger partial charge on any atom is -0.275 e. The van der Waals surface area contributed by atoms with E-state index in [1.165, 1.54) is 0 Å². The van der Waals surface area contributed by atoms with Crippen molar-refractivity contribution < 1.29 is 0 Å². The van der Waals surface area contributed by atoms with Crippen molar-refractivity contribution >= 4 is 27.7 Å². The van der Waals surface area contributed by atoms with Crippen molar-refractivity contribution in [3.63, 3.8) is 0 Å². The normalized spacial score (nSPS) is 10.4. The van der Waals surface area contributed by atoms with E-state index in [1.54, 1.807) is 22.6 Å². The Hall–Kier alpha value is -0.810. The zero-order valence-electron chi connectivity index (χ0n) is 7.51. The number of aryl methyl sites for hydroxylation is 1. The molecule has 0 N–H and O–H groups in total. The maximum atomic E-state index is 4.26. The van der Waals surface area contributed by atoms with E-state index < -0.39 is 0 Å². The van der Waals surface area contributed by atoms with Gasteiger partial charge in [-0.15, -0.1) is 0 Å². The fourth-order valence-electron chi connectivity index (χ4n) is 1.01. The van der Waals surface area contributed by atoms with E-state index in [9.17, 15) is 0 Å². The lowest BCUT2D eigenvalue weighted by atomic mass is 10.5. The maximum Gasteiger partial charge on any atom is 0.115 e. The average molecular weight is 270 g/mol. The van der Waals surface area contributed by atoms with Gasteiger partial charge < -0.3 is 0 Å². The minimum absolute atomic E-state index is 0.959. The fourth-order valence-corrected chi connectivity index (χ4v) is 2.31. The van der Waals surface area contributed by atoms with Crippen molar-refractivity contribution in [2.75, 3.05) is 0 Å². The van der Waals surface area contributed by atoms with Gasteiger partial charge in [-0.1, -0.05) is 11.8 Å². The largest absolute Gasteiger partial charge is 0.275 e. The predicted octanol–water partition coefficient (Wildman–Crippen LogP) is 2.73. The Balaban J connectivity index is 2.23. The molecule has 0 fully saturated rings. The first-order chi connectivity index (χ1) is 6.75. The van der Waals surface area contributed by atoms with E-state index in [1.807, 2.05) is 31.6 Å². The van der Waals surface area contributed by atoms with Gasteiger partial charge in [-0.3, -0.25) is 4.68 Å². The van der Waals surface area contributed by atoms with Crippen molar-refractivity contribution in [2.45, 2.75) is 9.92 Å². The van der Waals surface area contributed by atoms with Gasteiger partial charge in [0.15, 0.2) is 0 Å². The van der Waals surface area contributed by atoms with E-state index in [-0.39, 0.29) is 0 Å². The first-order valence-corrected chi connectivity index (χ1v) is 5.63. The summed E-state index contributed by atoms with van der Waals surface area (Å²) in [5, 5.41) is 5.05. The topological polar surface area (TPSA) is 30.7 Å². The van der Waals surface area contributed by atoms with Gasteiger partial charge >= 0.3 is 0 Å². The lowest BCUT2D eigenvalue weighted by Gasteiger charge is -1.98. The van der Waals surface area contributed by atoms with Crippen LogP contribution in [0.25, 0.3) is 0 Å². The third-order valence-electron chi connectivity index (χ3n) is 1.62. The number of pyridine rings is 1. The van der Waals surface area contributed by atoms with Crippen molar-refractivity contribution in [1.29, 1.82) is 0 Å². The molecule has 0 unspecified atom stereocenters. The number of hydrogen-bond acceptors (Lipinski definition) is 3. The number of halogens is 1. The Morgan fingerprint density at radius 1 is 1.50 bits per heavy atom. The summed E-state index contributed by atoms with van der Waals surface area (Å²) in [7, 11) is 1.90. The molecule has 3 nitrogen and oxygen atoms in total. The Bertz CT molecular complexity index is 441. The predicted molar refractivity (Wildman–Crippen MR) is 59.3 cm³/mol. The minimum atomic E-state index is 0.959. The van der Waals surface area contributed by atoms with Crippen molar-refractivity contribution in [2.24, 2.45) is 7.05 Å². The molecule has 0 aromatic carbocycles. The molecule has 72 valence electrons. The molecule has 2 heterocycles. The molecule has 14 heavy (non-hydrogen) atoms. The van der Waals surface area contributed by atoms with Gasteiger partial charge in [0.25, 0.3) is 0 Å². The molecule has 0 aliphatic rings. The molecule has 0 atom stereocenters. The van der Waals surface area contributed by atoms with Crippen LogP contribution in [0.1, 0.15) is 0 Å². The first kappa shape index (κ1) is 9.73. The van der Waals surface area contributed by atoms with Crippen LogP contribution in [0.5, 0.6) is 0 Å². The molecule has 0 bridgehead atoms. The van der Waals surface area contributed by atoms with Crippen molar-refractivity contribution in [3.05, 3.63) is 35.2 Å². The summed E-state index contributed by atoms with van der Waals surface area (Å²) in [4.78, 5) is 5.35. The lowest BCUT2D eigenvalue weighted by Crippen LogP contribution is -1.84. The molecule has 0 radical (unpaired) electrons.